The number of methoxy groups -OCH3 is 1. The van der Waals surface area contributed by atoms with Gasteiger partial charge in [-0.2, -0.15) is 0 Å². The number of rotatable bonds is 8. The number of nitrogens with zero attached hydrogens (tertiary/aromatic N) is 1. The number of aliphatic carboxylic acids is 1. The molecular weight excluding hydrogens is 489 g/mol. The van der Waals surface area contributed by atoms with Gasteiger partial charge < -0.3 is 14.9 Å². The first-order valence-electron chi connectivity index (χ1n) is 7.87. The first-order chi connectivity index (χ1) is 12.3. The maximum absolute atomic E-state index is 12.6. The van der Waals surface area contributed by atoms with E-state index in [0.717, 1.165) is 12.0 Å². The molecule has 0 aromatic heterocycles. The Hall–Kier alpha value is -1.33. The number of phenolic OH excluding ortho intramolecular Hbond substituents is 1. The minimum Gasteiger partial charge on any atom is -0.504 e. The Kier molecular flexibility index (Phi) is 7.71. The zero-order chi connectivity index (χ0) is 19.3. The van der Waals surface area contributed by atoms with Crippen molar-refractivity contribution in [1.29, 1.82) is 0 Å². The molecule has 1 fully saturated rings. The fourth-order valence-corrected chi connectivity index (χ4v) is 4.33. The summed E-state index contributed by atoms with van der Waals surface area (Å²) < 4.78 is 6.27. The lowest BCUT2D eigenvalue weighted by molar-refractivity contribution is -0.137. The second-order valence-corrected chi connectivity index (χ2v) is 8.43. The predicted molar refractivity (Wildman–Crippen MR) is 113 cm³/mol. The van der Waals surface area contributed by atoms with E-state index in [1.54, 1.807) is 23.1 Å². The van der Waals surface area contributed by atoms with Gasteiger partial charge in [0.25, 0.3) is 5.91 Å². The fraction of sp³-hybridized carbons (Fsp3) is 0.353. The van der Waals surface area contributed by atoms with Gasteiger partial charge >= 0.3 is 5.97 Å². The molecule has 0 atom stereocenters. The number of phenols is 1. The maximum Gasteiger partial charge on any atom is 0.303 e. The molecular formula is C17H18INO5S2. The zero-order valence-electron chi connectivity index (χ0n) is 14.0. The summed E-state index contributed by atoms with van der Waals surface area (Å²) in [4.78, 5) is 25.1. The van der Waals surface area contributed by atoms with Crippen molar-refractivity contribution in [3.05, 3.63) is 26.2 Å². The van der Waals surface area contributed by atoms with Crippen molar-refractivity contribution in [3.63, 3.8) is 0 Å². The van der Waals surface area contributed by atoms with Crippen LogP contribution in [0, 0.1) is 3.57 Å². The molecule has 1 aromatic rings. The third kappa shape index (κ3) is 5.34. The lowest BCUT2D eigenvalue weighted by Gasteiger charge is -2.13. The Morgan fingerprint density at radius 2 is 2.12 bits per heavy atom. The average Bonchev–Trinajstić information content (AvgIpc) is 2.84. The number of aromatic hydroxyl groups is 1. The van der Waals surface area contributed by atoms with Crippen LogP contribution in [0.5, 0.6) is 11.5 Å². The van der Waals surface area contributed by atoms with Gasteiger partial charge in [-0.25, -0.2) is 0 Å². The Labute approximate surface area is 174 Å². The SMILES string of the molecule is COc1cc(C=C2SC(=S)N(CCCCCC(=O)O)C2=O)cc(I)c1O. The molecule has 1 amide bonds. The maximum atomic E-state index is 12.6. The molecule has 26 heavy (non-hydrogen) atoms. The number of hydrogen-bond acceptors (Lipinski definition) is 6. The highest BCUT2D eigenvalue weighted by molar-refractivity contribution is 14.1. The number of halogens is 1. The van der Waals surface area contributed by atoms with Gasteiger partial charge in [0, 0.05) is 13.0 Å². The summed E-state index contributed by atoms with van der Waals surface area (Å²) in [5.74, 6) is -0.547. The van der Waals surface area contributed by atoms with Crippen LogP contribution in [-0.2, 0) is 9.59 Å². The highest BCUT2D eigenvalue weighted by atomic mass is 127. The number of ether oxygens (including phenoxy) is 1. The van der Waals surface area contributed by atoms with E-state index in [1.165, 1.54) is 18.9 Å². The number of hydrogen-bond donors (Lipinski definition) is 2. The van der Waals surface area contributed by atoms with Gasteiger partial charge in [-0.3, -0.25) is 14.5 Å². The number of unbranched alkanes of at least 4 members (excludes halogenated alkanes) is 2. The quantitative estimate of drug-likeness (QED) is 0.239. The summed E-state index contributed by atoms with van der Waals surface area (Å²) >= 11 is 8.53. The molecule has 6 nitrogen and oxygen atoms in total. The number of amides is 1. The van der Waals surface area contributed by atoms with Crippen LogP contribution in [0.25, 0.3) is 6.08 Å². The molecule has 1 aliphatic rings. The number of carbonyl (C=O) groups excluding carboxylic acids is 1. The van der Waals surface area contributed by atoms with Crippen molar-refractivity contribution < 1.29 is 24.5 Å². The molecule has 1 heterocycles. The van der Waals surface area contributed by atoms with Crippen LogP contribution in [0.1, 0.15) is 31.2 Å². The summed E-state index contributed by atoms with van der Waals surface area (Å²) in [6, 6.07) is 3.42. The van der Waals surface area contributed by atoms with Crippen LogP contribution in [0.4, 0.5) is 0 Å². The van der Waals surface area contributed by atoms with Crippen LogP contribution in [0.2, 0.25) is 0 Å². The molecule has 2 rings (SSSR count). The van der Waals surface area contributed by atoms with Crippen molar-refractivity contribution in [1.82, 2.24) is 4.90 Å². The number of carbonyl (C=O) groups is 2. The van der Waals surface area contributed by atoms with Gasteiger partial charge in [0.15, 0.2) is 11.5 Å². The van der Waals surface area contributed by atoms with Crippen LogP contribution in [0.3, 0.4) is 0 Å². The molecule has 1 aliphatic heterocycles. The highest BCUT2D eigenvalue weighted by Crippen LogP contribution is 2.36. The molecule has 0 spiro atoms. The minimum atomic E-state index is -0.808. The Bertz CT molecular complexity index is 766. The Balaban J connectivity index is 2.05. The third-order valence-corrected chi connectivity index (χ3v) is 5.91. The average molecular weight is 507 g/mol. The minimum absolute atomic E-state index is 0.0687. The summed E-state index contributed by atoms with van der Waals surface area (Å²) in [5, 5.41) is 18.5. The van der Waals surface area contributed by atoms with Gasteiger partial charge in [-0.05, 0) is 59.2 Å². The standard InChI is InChI=1S/C17H18INO5S2/c1-24-12-8-10(7-11(18)15(12)22)9-13-16(23)19(17(25)26-13)6-4-2-3-5-14(20)21/h7-9,22H,2-6H2,1H3,(H,20,21). The van der Waals surface area contributed by atoms with E-state index in [2.05, 4.69) is 0 Å². The fourth-order valence-electron chi connectivity index (χ4n) is 2.40. The second-order valence-electron chi connectivity index (χ2n) is 5.59. The molecule has 0 aliphatic carbocycles. The predicted octanol–water partition coefficient (Wildman–Crippen LogP) is 3.85. The molecule has 0 saturated carbocycles. The molecule has 140 valence electrons. The van der Waals surface area contributed by atoms with Crippen molar-refractivity contribution >= 4 is 68.8 Å². The van der Waals surface area contributed by atoms with Gasteiger partial charge in [-0.15, -0.1) is 0 Å². The van der Waals surface area contributed by atoms with Gasteiger partial charge in [-0.1, -0.05) is 30.4 Å². The molecule has 2 N–H and O–H groups in total. The molecule has 1 aromatic carbocycles. The normalized spacial score (nSPS) is 15.8. The number of carboxylic acids is 1. The summed E-state index contributed by atoms with van der Waals surface area (Å²) in [7, 11) is 1.47. The molecule has 9 heteroatoms. The van der Waals surface area contributed by atoms with Crippen LogP contribution >= 0.6 is 46.6 Å². The van der Waals surface area contributed by atoms with Crippen LogP contribution < -0.4 is 4.74 Å². The van der Waals surface area contributed by atoms with E-state index in [9.17, 15) is 14.7 Å². The Morgan fingerprint density at radius 3 is 2.77 bits per heavy atom. The Morgan fingerprint density at radius 1 is 1.38 bits per heavy atom. The summed E-state index contributed by atoms with van der Waals surface area (Å²) in [6.45, 7) is 0.484. The van der Waals surface area contributed by atoms with Crippen molar-refractivity contribution in [3.8, 4) is 11.5 Å². The van der Waals surface area contributed by atoms with E-state index in [0.29, 0.717) is 37.9 Å². The summed E-state index contributed by atoms with van der Waals surface area (Å²) in [5.41, 5.74) is 0.742. The molecule has 1 saturated heterocycles. The first-order valence-corrected chi connectivity index (χ1v) is 10.2. The van der Waals surface area contributed by atoms with Gasteiger partial charge in [0.05, 0.1) is 15.6 Å². The zero-order valence-corrected chi connectivity index (χ0v) is 17.8. The van der Waals surface area contributed by atoms with Crippen LogP contribution in [0.15, 0.2) is 17.0 Å². The van der Waals surface area contributed by atoms with Gasteiger partial charge in [0.2, 0.25) is 0 Å². The van der Waals surface area contributed by atoms with Crippen molar-refractivity contribution in [2.24, 2.45) is 0 Å². The number of carboxylic acid groups (broad SMARTS) is 1. The van der Waals surface area contributed by atoms with Gasteiger partial charge in [0.1, 0.15) is 4.32 Å². The van der Waals surface area contributed by atoms with E-state index in [-0.39, 0.29) is 18.1 Å². The topological polar surface area (TPSA) is 87.1 Å². The molecule has 0 bridgehead atoms. The monoisotopic (exact) mass is 507 g/mol. The lowest BCUT2D eigenvalue weighted by Crippen LogP contribution is -2.29. The number of benzene rings is 1. The van der Waals surface area contributed by atoms with Crippen molar-refractivity contribution in [2.45, 2.75) is 25.7 Å². The van der Waals surface area contributed by atoms with E-state index in [4.69, 9.17) is 22.1 Å². The molecule has 0 radical (unpaired) electrons. The van der Waals surface area contributed by atoms with E-state index in [1.807, 2.05) is 22.6 Å². The van der Waals surface area contributed by atoms with Crippen molar-refractivity contribution in [2.75, 3.05) is 13.7 Å². The smallest absolute Gasteiger partial charge is 0.303 e. The third-order valence-electron chi connectivity index (χ3n) is 3.71. The van der Waals surface area contributed by atoms with Crippen LogP contribution in [-0.4, -0.2) is 45.0 Å². The number of thioether (sulfide) groups is 1. The molecule has 0 unspecified atom stereocenters. The first kappa shape index (κ1) is 21.0. The second kappa shape index (κ2) is 9.56. The highest BCUT2D eigenvalue weighted by Gasteiger charge is 2.31. The summed E-state index contributed by atoms with van der Waals surface area (Å²) in [6.07, 6.45) is 3.90. The number of thiocarbonyl (C=S) groups is 1. The largest absolute Gasteiger partial charge is 0.504 e. The lowest BCUT2D eigenvalue weighted by atomic mass is 10.1. The van der Waals surface area contributed by atoms with E-state index < -0.39 is 5.97 Å². The van der Waals surface area contributed by atoms with E-state index >= 15 is 0 Å².